The van der Waals surface area contributed by atoms with Gasteiger partial charge < -0.3 is 5.32 Å². The van der Waals surface area contributed by atoms with E-state index in [1.165, 1.54) is 0 Å². The molecule has 0 saturated heterocycles. The van der Waals surface area contributed by atoms with E-state index in [1.807, 2.05) is 21.6 Å². The third-order valence-electron chi connectivity index (χ3n) is 2.62. The van der Waals surface area contributed by atoms with Crippen molar-refractivity contribution in [2.45, 2.75) is 39.5 Å². The van der Waals surface area contributed by atoms with E-state index in [0.29, 0.717) is 6.04 Å². The topological polar surface area (TPSA) is 60.6 Å². The van der Waals surface area contributed by atoms with Crippen LogP contribution in [0.1, 0.15) is 19.7 Å². The van der Waals surface area contributed by atoms with Crippen LogP contribution in [-0.2, 0) is 19.6 Å². The highest BCUT2D eigenvalue weighted by atomic mass is 15.3. The van der Waals surface area contributed by atoms with Gasteiger partial charge in [-0.2, -0.15) is 10.2 Å². The number of aryl methyl sites for hydroxylation is 1. The van der Waals surface area contributed by atoms with E-state index in [0.717, 1.165) is 25.5 Å². The third-order valence-corrected chi connectivity index (χ3v) is 2.62. The Kier molecular flexibility index (Phi) is 3.87. The molecule has 0 fully saturated rings. The predicted molar refractivity (Wildman–Crippen MR) is 64.2 cm³/mol. The van der Waals surface area contributed by atoms with Crippen LogP contribution in [0.3, 0.4) is 0 Å². The fourth-order valence-electron chi connectivity index (χ4n) is 1.71. The van der Waals surface area contributed by atoms with Gasteiger partial charge in [0.25, 0.3) is 0 Å². The van der Waals surface area contributed by atoms with Gasteiger partial charge in [0.1, 0.15) is 12.2 Å². The van der Waals surface area contributed by atoms with Gasteiger partial charge in [0.2, 0.25) is 0 Å². The zero-order valence-electron chi connectivity index (χ0n) is 10.2. The summed E-state index contributed by atoms with van der Waals surface area (Å²) in [5, 5.41) is 11.7. The number of rotatable bonds is 6. The molecule has 1 atom stereocenters. The molecule has 6 nitrogen and oxygen atoms in total. The van der Waals surface area contributed by atoms with Crippen molar-refractivity contribution in [2.24, 2.45) is 0 Å². The van der Waals surface area contributed by atoms with Crippen molar-refractivity contribution in [3.8, 4) is 0 Å². The molecule has 92 valence electrons. The summed E-state index contributed by atoms with van der Waals surface area (Å²) in [7, 11) is 0. The van der Waals surface area contributed by atoms with Gasteiger partial charge in [-0.3, -0.25) is 4.68 Å². The van der Waals surface area contributed by atoms with Crippen LogP contribution in [0.4, 0.5) is 0 Å². The highest BCUT2D eigenvalue weighted by molar-refractivity contribution is 4.85. The van der Waals surface area contributed by atoms with Crippen molar-refractivity contribution >= 4 is 0 Å². The fraction of sp³-hybridized carbons (Fsp3) is 0.545. The van der Waals surface area contributed by atoms with E-state index < -0.39 is 0 Å². The summed E-state index contributed by atoms with van der Waals surface area (Å²) in [5.74, 6) is 0.972. The Hall–Kier alpha value is -1.69. The summed E-state index contributed by atoms with van der Waals surface area (Å²) in [6.45, 7) is 6.63. The van der Waals surface area contributed by atoms with Crippen LogP contribution in [0.5, 0.6) is 0 Å². The van der Waals surface area contributed by atoms with Gasteiger partial charge in [0.15, 0.2) is 0 Å². The van der Waals surface area contributed by atoms with Crippen LogP contribution in [0.2, 0.25) is 0 Å². The minimum atomic E-state index is 0.344. The first kappa shape index (κ1) is 11.8. The molecule has 17 heavy (non-hydrogen) atoms. The van der Waals surface area contributed by atoms with Crippen molar-refractivity contribution < 1.29 is 0 Å². The SMILES string of the molecule is CCn1ncnc1CNC(C)Cn1cccn1. The first-order valence-electron chi connectivity index (χ1n) is 5.87. The van der Waals surface area contributed by atoms with Crippen LogP contribution in [0.25, 0.3) is 0 Å². The van der Waals surface area contributed by atoms with Gasteiger partial charge >= 0.3 is 0 Å². The van der Waals surface area contributed by atoms with Crippen LogP contribution < -0.4 is 5.32 Å². The molecular formula is C11H18N6. The van der Waals surface area contributed by atoms with Gasteiger partial charge in [0.05, 0.1) is 13.1 Å². The van der Waals surface area contributed by atoms with E-state index >= 15 is 0 Å². The Bertz CT molecular complexity index is 433. The maximum Gasteiger partial charge on any atom is 0.140 e. The molecule has 0 bridgehead atoms. The Labute approximate surface area is 101 Å². The monoisotopic (exact) mass is 234 g/mol. The molecule has 0 aliphatic carbocycles. The molecule has 0 aromatic carbocycles. The normalized spacial score (nSPS) is 12.8. The number of hydrogen-bond acceptors (Lipinski definition) is 4. The maximum absolute atomic E-state index is 4.22. The lowest BCUT2D eigenvalue weighted by atomic mass is 10.3. The minimum absolute atomic E-state index is 0.344. The van der Waals surface area contributed by atoms with Crippen LogP contribution >= 0.6 is 0 Å². The Morgan fingerprint density at radius 1 is 1.41 bits per heavy atom. The van der Waals surface area contributed by atoms with Crippen molar-refractivity contribution in [2.75, 3.05) is 0 Å². The highest BCUT2D eigenvalue weighted by Gasteiger charge is 2.06. The van der Waals surface area contributed by atoms with Crippen molar-refractivity contribution in [3.05, 3.63) is 30.6 Å². The summed E-state index contributed by atoms with van der Waals surface area (Å²) >= 11 is 0. The zero-order valence-corrected chi connectivity index (χ0v) is 10.2. The Morgan fingerprint density at radius 3 is 3.00 bits per heavy atom. The van der Waals surface area contributed by atoms with E-state index in [-0.39, 0.29) is 0 Å². The summed E-state index contributed by atoms with van der Waals surface area (Å²) < 4.78 is 3.82. The molecule has 2 aromatic rings. The van der Waals surface area contributed by atoms with Crippen molar-refractivity contribution in [1.29, 1.82) is 0 Å². The second-order valence-electron chi connectivity index (χ2n) is 4.00. The minimum Gasteiger partial charge on any atom is -0.305 e. The molecule has 1 unspecified atom stereocenters. The second-order valence-corrected chi connectivity index (χ2v) is 4.00. The summed E-state index contributed by atoms with van der Waals surface area (Å²) in [6, 6.07) is 2.28. The summed E-state index contributed by atoms with van der Waals surface area (Å²) in [4.78, 5) is 4.22. The molecule has 0 radical (unpaired) electrons. The number of hydrogen-bond donors (Lipinski definition) is 1. The van der Waals surface area contributed by atoms with Gasteiger partial charge in [-0.25, -0.2) is 9.67 Å². The van der Waals surface area contributed by atoms with E-state index in [9.17, 15) is 0 Å². The third kappa shape index (κ3) is 3.13. The molecule has 1 N–H and O–H groups in total. The molecule has 0 saturated carbocycles. The first-order valence-corrected chi connectivity index (χ1v) is 5.87. The lowest BCUT2D eigenvalue weighted by Gasteiger charge is -2.13. The molecule has 2 rings (SSSR count). The van der Waals surface area contributed by atoms with Crippen LogP contribution in [0.15, 0.2) is 24.8 Å². The molecule has 0 aliphatic heterocycles. The first-order chi connectivity index (χ1) is 8.29. The standard InChI is InChI=1S/C11H18N6/c1-3-17-11(13-9-15-17)7-12-10(2)8-16-6-4-5-14-16/h4-6,9-10,12H,3,7-8H2,1-2H3. The number of nitrogens with zero attached hydrogens (tertiary/aromatic N) is 5. The van der Waals surface area contributed by atoms with Gasteiger partial charge in [0, 0.05) is 25.0 Å². The van der Waals surface area contributed by atoms with Gasteiger partial charge in [-0.1, -0.05) is 0 Å². The Balaban J connectivity index is 1.82. The lowest BCUT2D eigenvalue weighted by Crippen LogP contribution is -2.31. The molecule has 2 aromatic heterocycles. The average molecular weight is 234 g/mol. The van der Waals surface area contributed by atoms with Crippen molar-refractivity contribution in [1.82, 2.24) is 29.9 Å². The molecule has 0 aliphatic rings. The van der Waals surface area contributed by atoms with Gasteiger partial charge in [-0.15, -0.1) is 0 Å². The lowest BCUT2D eigenvalue weighted by molar-refractivity contribution is 0.437. The summed E-state index contributed by atoms with van der Waals surface area (Å²) in [5.41, 5.74) is 0. The van der Waals surface area contributed by atoms with Crippen LogP contribution in [-0.4, -0.2) is 30.6 Å². The van der Waals surface area contributed by atoms with Crippen molar-refractivity contribution in [3.63, 3.8) is 0 Å². The molecule has 0 spiro atoms. The van der Waals surface area contributed by atoms with Crippen LogP contribution in [0, 0.1) is 0 Å². The predicted octanol–water partition coefficient (Wildman–Crippen LogP) is 0.673. The maximum atomic E-state index is 4.22. The highest BCUT2D eigenvalue weighted by Crippen LogP contribution is 1.96. The second kappa shape index (κ2) is 5.58. The summed E-state index contributed by atoms with van der Waals surface area (Å²) in [6.07, 6.45) is 5.35. The van der Waals surface area contributed by atoms with Gasteiger partial charge in [-0.05, 0) is 19.9 Å². The fourth-order valence-corrected chi connectivity index (χ4v) is 1.71. The average Bonchev–Trinajstić information content (AvgIpc) is 2.96. The smallest absolute Gasteiger partial charge is 0.140 e. The van der Waals surface area contributed by atoms with E-state index in [4.69, 9.17) is 0 Å². The number of aromatic nitrogens is 5. The quantitative estimate of drug-likeness (QED) is 0.798. The molecule has 2 heterocycles. The Morgan fingerprint density at radius 2 is 2.29 bits per heavy atom. The molecular weight excluding hydrogens is 216 g/mol. The number of nitrogens with one attached hydrogen (secondary N) is 1. The molecule has 6 heteroatoms. The largest absolute Gasteiger partial charge is 0.305 e. The molecule has 0 amide bonds. The zero-order chi connectivity index (χ0) is 12.1. The van der Waals surface area contributed by atoms with E-state index in [2.05, 4.69) is 34.3 Å². The van der Waals surface area contributed by atoms with E-state index in [1.54, 1.807) is 12.5 Å².